The largest absolute Gasteiger partial charge is 0.416 e. The van der Waals surface area contributed by atoms with Gasteiger partial charge in [-0.25, -0.2) is 4.98 Å². The summed E-state index contributed by atoms with van der Waals surface area (Å²) in [4.78, 5) is 16.5. The smallest absolute Gasteiger partial charge is 0.317 e. The molecule has 4 nitrogen and oxygen atoms in total. The molecular weight excluding hydrogens is 375 g/mol. The zero-order chi connectivity index (χ0) is 17.4. The minimum atomic E-state index is -4.41. The van der Waals surface area contributed by atoms with Gasteiger partial charge in [-0.15, -0.1) is 23.7 Å². The Bertz CT molecular complexity index is 757. The van der Waals surface area contributed by atoms with Crippen LogP contribution in [0, 0.1) is 0 Å². The third-order valence-electron chi connectivity index (χ3n) is 4.16. The van der Waals surface area contributed by atoms with Gasteiger partial charge in [0.2, 0.25) is 5.91 Å². The summed E-state index contributed by atoms with van der Waals surface area (Å²) in [6.07, 6.45) is -1.32. The normalized spacial score (nSPS) is 16.3. The number of alkyl halides is 3. The maximum absolute atomic E-state index is 12.8. The van der Waals surface area contributed by atoms with Crippen LogP contribution >= 0.6 is 23.7 Å². The van der Waals surface area contributed by atoms with Crippen LogP contribution in [0.2, 0.25) is 0 Å². The lowest BCUT2D eigenvalue weighted by molar-refractivity contribution is -0.137. The molecule has 1 heterocycles. The summed E-state index contributed by atoms with van der Waals surface area (Å²) in [5.74, 6) is -0.287. The zero-order valence-corrected chi connectivity index (χ0v) is 14.7. The highest BCUT2D eigenvalue weighted by Crippen LogP contribution is 2.33. The lowest BCUT2D eigenvalue weighted by Crippen LogP contribution is -2.48. The second kappa shape index (κ2) is 7.31. The number of benzene rings is 1. The van der Waals surface area contributed by atoms with Gasteiger partial charge in [0.15, 0.2) is 5.13 Å². The van der Waals surface area contributed by atoms with Gasteiger partial charge < -0.3 is 11.1 Å². The number of thiazole rings is 1. The summed E-state index contributed by atoms with van der Waals surface area (Å²) in [7, 11) is 0. The van der Waals surface area contributed by atoms with Crippen LogP contribution in [0.15, 0.2) is 29.6 Å². The quantitative estimate of drug-likeness (QED) is 0.811. The number of hydrogen-bond acceptors (Lipinski definition) is 4. The van der Waals surface area contributed by atoms with Crippen molar-refractivity contribution in [3.05, 3.63) is 35.2 Å². The van der Waals surface area contributed by atoms with E-state index in [1.807, 2.05) is 0 Å². The van der Waals surface area contributed by atoms with Gasteiger partial charge in [0.25, 0.3) is 0 Å². The molecule has 3 rings (SSSR count). The molecule has 1 aromatic heterocycles. The molecule has 1 saturated carbocycles. The number of anilines is 1. The minimum Gasteiger partial charge on any atom is -0.317 e. The number of halogens is 4. The molecule has 1 aliphatic carbocycles. The van der Waals surface area contributed by atoms with Gasteiger partial charge in [-0.3, -0.25) is 4.79 Å². The Hall–Kier alpha value is -1.64. The Balaban J connectivity index is 0.00000225. The maximum atomic E-state index is 12.8. The second-order valence-electron chi connectivity index (χ2n) is 5.93. The first-order valence-corrected chi connectivity index (χ1v) is 8.39. The number of hydrogen-bond donors (Lipinski definition) is 2. The standard InChI is InChI=1S/C16H16F3N3OS.ClH/c17-16(18,19)11-5-3-4-10(8-11)12-9-24-14(21-12)22-13(23)15(20)6-1-2-7-15;/h3-5,8-9H,1-2,6-7,20H2,(H,21,22,23);1H. The highest BCUT2D eigenvalue weighted by molar-refractivity contribution is 7.14. The van der Waals surface area contributed by atoms with Crippen molar-refractivity contribution in [2.45, 2.75) is 37.4 Å². The Labute approximate surface area is 153 Å². The van der Waals surface area contributed by atoms with Crippen molar-refractivity contribution in [1.29, 1.82) is 0 Å². The van der Waals surface area contributed by atoms with Crippen molar-refractivity contribution in [3.63, 3.8) is 0 Å². The van der Waals surface area contributed by atoms with Gasteiger partial charge in [0.1, 0.15) is 0 Å². The average molecular weight is 392 g/mol. The van der Waals surface area contributed by atoms with Gasteiger partial charge in [-0.05, 0) is 25.0 Å². The first-order chi connectivity index (χ1) is 11.3. The predicted molar refractivity (Wildman–Crippen MR) is 93.8 cm³/mol. The van der Waals surface area contributed by atoms with E-state index in [9.17, 15) is 18.0 Å². The SMILES string of the molecule is Cl.NC1(C(=O)Nc2nc(-c3cccc(C(F)(F)F)c3)cs2)CCCC1. The molecule has 3 N–H and O–H groups in total. The van der Waals surface area contributed by atoms with E-state index in [0.717, 1.165) is 36.3 Å². The van der Waals surface area contributed by atoms with E-state index in [4.69, 9.17) is 5.73 Å². The van der Waals surface area contributed by atoms with E-state index in [1.54, 1.807) is 11.4 Å². The third-order valence-corrected chi connectivity index (χ3v) is 4.92. The van der Waals surface area contributed by atoms with E-state index in [0.29, 0.717) is 29.2 Å². The highest BCUT2D eigenvalue weighted by atomic mass is 35.5. The summed E-state index contributed by atoms with van der Waals surface area (Å²) >= 11 is 1.16. The van der Waals surface area contributed by atoms with Crippen molar-refractivity contribution in [1.82, 2.24) is 4.98 Å². The molecule has 1 fully saturated rings. The summed E-state index contributed by atoms with van der Waals surface area (Å²) in [5, 5.41) is 4.63. The van der Waals surface area contributed by atoms with Crippen LogP contribution < -0.4 is 11.1 Å². The molecule has 0 radical (unpaired) electrons. The molecule has 0 saturated heterocycles. The fourth-order valence-electron chi connectivity index (χ4n) is 2.77. The van der Waals surface area contributed by atoms with Crippen LogP contribution in [0.3, 0.4) is 0 Å². The van der Waals surface area contributed by atoms with E-state index in [2.05, 4.69) is 10.3 Å². The molecule has 2 aromatic rings. The summed E-state index contributed by atoms with van der Waals surface area (Å²) in [6, 6.07) is 4.94. The molecule has 0 unspecified atom stereocenters. The number of carbonyl (C=O) groups excluding carboxylic acids is 1. The van der Waals surface area contributed by atoms with Crippen LogP contribution in [0.1, 0.15) is 31.2 Å². The number of rotatable bonds is 3. The van der Waals surface area contributed by atoms with Gasteiger partial charge >= 0.3 is 6.18 Å². The number of nitrogens with zero attached hydrogens (tertiary/aromatic N) is 1. The molecular formula is C16H17ClF3N3OS. The Kier molecular flexibility index (Phi) is 5.75. The number of nitrogens with one attached hydrogen (secondary N) is 1. The maximum Gasteiger partial charge on any atom is 0.416 e. The molecule has 1 aliphatic rings. The monoisotopic (exact) mass is 391 g/mol. The molecule has 0 aliphatic heterocycles. The predicted octanol–water partition coefficient (Wildman–Crippen LogP) is 4.46. The zero-order valence-electron chi connectivity index (χ0n) is 13.1. The van der Waals surface area contributed by atoms with E-state index in [-0.39, 0.29) is 18.3 Å². The van der Waals surface area contributed by atoms with Gasteiger partial charge in [0.05, 0.1) is 16.8 Å². The summed E-state index contributed by atoms with van der Waals surface area (Å²) in [6.45, 7) is 0. The van der Waals surface area contributed by atoms with Crippen molar-refractivity contribution in [3.8, 4) is 11.3 Å². The fraction of sp³-hybridized carbons (Fsp3) is 0.375. The lowest BCUT2D eigenvalue weighted by Gasteiger charge is -2.21. The molecule has 0 atom stereocenters. The second-order valence-corrected chi connectivity index (χ2v) is 6.79. The number of aromatic nitrogens is 1. The van der Waals surface area contributed by atoms with E-state index in [1.165, 1.54) is 6.07 Å². The number of carbonyl (C=O) groups is 1. The fourth-order valence-corrected chi connectivity index (χ4v) is 3.49. The Morgan fingerprint density at radius 2 is 1.96 bits per heavy atom. The Morgan fingerprint density at radius 3 is 2.60 bits per heavy atom. The highest BCUT2D eigenvalue weighted by Gasteiger charge is 2.37. The van der Waals surface area contributed by atoms with Crippen LogP contribution in [0.5, 0.6) is 0 Å². The van der Waals surface area contributed by atoms with Crippen LogP contribution in [-0.4, -0.2) is 16.4 Å². The van der Waals surface area contributed by atoms with Gasteiger partial charge in [-0.2, -0.15) is 13.2 Å². The number of amides is 1. The number of nitrogens with two attached hydrogens (primary N) is 1. The van der Waals surface area contributed by atoms with Crippen molar-refractivity contribution < 1.29 is 18.0 Å². The van der Waals surface area contributed by atoms with Crippen LogP contribution in [0.4, 0.5) is 18.3 Å². The van der Waals surface area contributed by atoms with Crippen LogP contribution in [-0.2, 0) is 11.0 Å². The molecule has 0 spiro atoms. The summed E-state index contributed by atoms with van der Waals surface area (Å²) < 4.78 is 38.4. The van der Waals surface area contributed by atoms with Crippen LogP contribution in [0.25, 0.3) is 11.3 Å². The van der Waals surface area contributed by atoms with E-state index >= 15 is 0 Å². The molecule has 1 amide bonds. The molecule has 9 heteroatoms. The van der Waals surface area contributed by atoms with Gasteiger partial charge in [0, 0.05) is 10.9 Å². The minimum absolute atomic E-state index is 0. The first-order valence-electron chi connectivity index (χ1n) is 7.51. The molecule has 1 aromatic carbocycles. The Morgan fingerprint density at radius 1 is 1.28 bits per heavy atom. The molecule has 136 valence electrons. The lowest BCUT2D eigenvalue weighted by atomic mass is 9.98. The average Bonchev–Trinajstić information content (AvgIpc) is 3.17. The third kappa shape index (κ3) is 4.31. The van der Waals surface area contributed by atoms with Crippen molar-refractivity contribution >= 4 is 34.8 Å². The first kappa shape index (κ1) is 19.7. The van der Waals surface area contributed by atoms with Crippen molar-refractivity contribution in [2.24, 2.45) is 5.73 Å². The molecule has 25 heavy (non-hydrogen) atoms. The van der Waals surface area contributed by atoms with Gasteiger partial charge in [-0.1, -0.05) is 25.0 Å². The van der Waals surface area contributed by atoms with Crippen molar-refractivity contribution in [2.75, 3.05) is 5.32 Å². The van der Waals surface area contributed by atoms with E-state index < -0.39 is 17.3 Å². The summed E-state index contributed by atoms with van der Waals surface area (Å²) in [5.41, 5.74) is 5.21. The topological polar surface area (TPSA) is 68.0 Å². The molecule has 0 bridgehead atoms.